The molecule has 7 heterocycles. The van der Waals surface area contributed by atoms with Crippen molar-refractivity contribution in [2.24, 2.45) is 21.1 Å². The number of aliphatic imine (C=N–C) groups is 1. The zero-order valence-corrected chi connectivity index (χ0v) is 24.6. The molecular weight excluding hydrogens is 654 g/mol. The molecule has 2 aromatic heterocycles. The molecule has 0 spiro atoms. The maximum absolute atomic E-state index is 13.2. The number of nitrogens with zero attached hydrogens (tertiary/aromatic N) is 7. The summed E-state index contributed by atoms with van der Waals surface area (Å²) >= 11 is 1.02. The summed E-state index contributed by atoms with van der Waals surface area (Å²) in [6.45, 7) is -1.39. The van der Waals surface area contributed by atoms with E-state index in [1.807, 2.05) is 0 Å². The number of aliphatic hydroxyl groups excluding tert-OH is 1. The fourth-order valence-corrected chi connectivity index (χ4v) is 8.09. The number of amides is 1. The van der Waals surface area contributed by atoms with Gasteiger partial charge in [0.2, 0.25) is 0 Å². The first kappa shape index (κ1) is 29.9. The summed E-state index contributed by atoms with van der Waals surface area (Å²) < 4.78 is 63.4. The lowest BCUT2D eigenvalue weighted by Crippen LogP contribution is -2.56. The van der Waals surface area contributed by atoms with E-state index >= 15 is 0 Å². The summed E-state index contributed by atoms with van der Waals surface area (Å²) in [7, 11) is -9.88. The smallest absolute Gasteiger partial charge is 0.387 e. The lowest BCUT2D eigenvalue weighted by molar-refractivity contribution is -0.127. The number of ether oxygens (including phenoxy) is 2. The number of hydrogen-bond acceptors (Lipinski definition) is 20. The number of carbonyl (C=O) groups is 1. The summed E-state index contributed by atoms with van der Waals surface area (Å²) in [6.07, 6.45) is -9.39. The van der Waals surface area contributed by atoms with Crippen LogP contribution in [0.4, 0.5) is 5.82 Å². The minimum absolute atomic E-state index is 0.0211. The van der Waals surface area contributed by atoms with Gasteiger partial charge in [0.15, 0.2) is 30.2 Å². The number of nitrogens with one attached hydrogen (secondary N) is 1. The second-order valence-electron chi connectivity index (χ2n) is 10.1. The van der Waals surface area contributed by atoms with Crippen LogP contribution in [-0.2, 0) is 41.5 Å². The van der Waals surface area contributed by atoms with Crippen LogP contribution >= 0.6 is 27.2 Å². The Morgan fingerprint density at radius 1 is 1.02 bits per heavy atom. The van der Waals surface area contributed by atoms with E-state index in [0.29, 0.717) is 15.9 Å². The largest absolute Gasteiger partial charge is 0.472 e. The van der Waals surface area contributed by atoms with Gasteiger partial charge < -0.3 is 35.8 Å². The number of nitrogens with two attached hydrogens (primary N) is 2. The topological polar surface area (TPSA) is 310 Å². The Morgan fingerprint density at radius 2 is 1.77 bits per heavy atom. The van der Waals surface area contributed by atoms with Crippen LogP contribution in [0.5, 0.6) is 0 Å². The van der Waals surface area contributed by atoms with Gasteiger partial charge in [-0.05, 0) is 11.5 Å². The van der Waals surface area contributed by atoms with E-state index in [4.69, 9.17) is 39.0 Å². The van der Waals surface area contributed by atoms with Crippen molar-refractivity contribution in [2.45, 2.75) is 61.5 Å². The van der Waals surface area contributed by atoms with Crippen LogP contribution in [-0.4, -0.2) is 108 Å². The molecule has 7 rings (SSSR count). The van der Waals surface area contributed by atoms with Crippen molar-refractivity contribution >= 4 is 55.9 Å². The Morgan fingerprint density at radius 3 is 2.57 bits per heavy atom. The number of phosphoric acid groups is 2. The van der Waals surface area contributed by atoms with Crippen molar-refractivity contribution in [1.82, 2.24) is 24.7 Å². The number of anilines is 1. The summed E-state index contributed by atoms with van der Waals surface area (Å²) in [5.41, 5.74) is 12.3. The number of rotatable bonds is 2. The van der Waals surface area contributed by atoms with Gasteiger partial charge in [-0.1, -0.05) is 5.22 Å². The van der Waals surface area contributed by atoms with Crippen molar-refractivity contribution in [2.75, 3.05) is 18.9 Å². The summed E-state index contributed by atoms with van der Waals surface area (Å²) in [6, 6.07) is -1.14. The molecular formula is C19H24N10O12P2S. The minimum atomic E-state index is -5.01. The first-order chi connectivity index (χ1) is 20.9. The van der Waals surface area contributed by atoms with E-state index in [0.717, 1.165) is 16.5 Å². The van der Waals surface area contributed by atoms with Gasteiger partial charge in [-0.25, -0.2) is 29.1 Å². The highest BCUT2D eigenvalue weighted by atomic mass is 32.1. The molecule has 44 heavy (non-hydrogen) atoms. The Kier molecular flexibility index (Phi) is 7.43. The number of nitrogen functional groups attached to an aromatic ring is 1. The third kappa shape index (κ3) is 5.37. The number of hydrogen-bond donors (Lipinski definition) is 6. The Balaban J connectivity index is 1.15. The molecule has 1 amide bonds. The molecule has 8 N–H and O–H groups in total. The number of carbonyl (C=O) groups excluding carboxylic acids is 1. The number of aliphatic hydroxyl groups is 1. The molecule has 5 aliphatic heterocycles. The molecule has 0 saturated carbocycles. The molecule has 11 atom stereocenters. The molecule has 238 valence electrons. The molecule has 25 heteroatoms. The van der Waals surface area contributed by atoms with E-state index in [-0.39, 0.29) is 18.2 Å². The fourth-order valence-electron chi connectivity index (χ4n) is 5.33. The SMILES string of the molecule is NC1=NC2C(N=NN2[C@@H]2O[C@@H]3COP(=O)(O)O[C@H]4C[C@H](c5snc6c(N)ncnc56)O[C@@H]4COP(=O)(O)O[C@@H]2[C@@H]3O)C(=O)N1. The Labute approximate surface area is 249 Å². The van der Waals surface area contributed by atoms with Crippen LogP contribution in [0.2, 0.25) is 0 Å². The lowest BCUT2D eigenvalue weighted by Gasteiger charge is -2.32. The number of aromatic nitrogens is 3. The third-order valence-corrected chi connectivity index (χ3v) is 10.3. The first-order valence-corrected chi connectivity index (χ1v) is 16.6. The monoisotopic (exact) mass is 678 g/mol. The molecule has 2 bridgehead atoms. The summed E-state index contributed by atoms with van der Waals surface area (Å²) in [5, 5.41) is 22.0. The first-order valence-electron chi connectivity index (χ1n) is 12.9. The molecule has 0 radical (unpaired) electrons. The number of phosphoric ester groups is 2. The van der Waals surface area contributed by atoms with Crippen LogP contribution in [0.1, 0.15) is 17.4 Å². The lowest BCUT2D eigenvalue weighted by atomic mass is 10.1. The van der Waals surface area contributed by atoms with Gasteiger partial charge in [-0.2, -0.15) is 9.49 Å². The van der Waals surface area contributed by atoms with Gasteiger partial charge in [0.05, 0.1) is 24.2 Å². The van der Waals surface area contributed by atoms with Crippen molar-refractivity contribution in [3.63, 3.8) is 0 Å². The maximum Gasteiger partial charge on any atom is 0.472 e. The summed E-state index contributed by atoms with van der Waals surface area (Å²) in [5.74, 6) is -0.713. The van der Waals surface area contributed by atoms with Crippen LogP contribution in [0.15, 0.2) is 21.7 Å². The minimum Gasteiger partial charge on any atom is -0.387 e. The number of guanidine groups is 1. The normalized spacial score (nSPS) is 42.6. The zero-order valence-electron chi connectivity index (χ0n) is 22.0. The average molecular weight is 678 g/mol. The zero-order chi connectivity index (χ0) is 31.0. The van der Waals surface area contributed by atoms with Gasteiger partial charge >= 0.3 is 15.6 Å². The number of fused-ring (bicyclic) bond motifs is 5. The molecule has 2 aromatic rings. The van der Waals surface area contributed by atoms with Crippen LogP contribution in [0.3, 0.4) is 0 Å². The second kappa shape index (κ2) is 10.9. The molecule has 5 aliphatic rings. The van der Waals surface area contributed by atoms with E-state index < -0.39 is 89.8 Å². The van der Waals surface area contributed by atoms with E-state index in [1.165, 1.54) is 6.33 Å². The van der Waals surface area contributed by atoms with Gasteiger partial charge in [-0.15, -0.1) is 0 Å². The Hall–Kier alpha value is -2.79. The second-order valence-corrected chi connectivity index (χ2v) is 13.8. The molecule has 22 nitrogen and oxygen atoms in total. The Bertz CT molecular complexity index is 1650. The highest BCUT2D eigenvalue weighted by Crippen LogP contribution is 2.54. The molecule has 0 aromatic carbocycles. The van der Waals surface area contributed by atoms with E-state index in [2.05, 4.69) is 35.0 Å². The van der Waals surface area contributed by atoms with Gasteiger partial charge in [0.1, 0.15) is 47.9 Å². The molecule has 4 unspecified atom stereocenters. The van der Waals surface area contributed by atoms with Gasteiger partial charge in [0.25, 0.3) is 5.91 Å². The molecule has 3 fully saturated rings. The predicted octanol–water partition coefficient (Wildman–Crippen LogP) is -1.58. The van der Waals surface area contributed by atoms with E-state index in [1.54, 1.807) is 0 Å². The maximum atomic E-state index is 13.2. The standard InChI is InChI=1S/C19H24N10O12P2S/c20-15-10-9(22-4-23-15)14(44-27-10)6-1-5-7(38-6)2-36-43(34,35)41-13-12(30)8(3-37-42(32,33)40-5)39-18(13)29-16-11(26-28-29)17(31)25-19(21)24-16/h4-8,11-13,16,18,30H,1-3H2,(H,32,33)(H,34,35)(H2,20,22,23)(H3,21,24,25,31)/t5-,6+,7+,8+,11?,12+,13+,16?,18+/m0/s1. The van der Waals surface area contributed by atoms with Crippen molar-refractivity contribution in [1.29, 1.82) is 0 Å². The fraction of sp³-hybridized carbons (Fsp3) is 0.632. The molecule has 0 aliphatic carbocycles. The van der Waals surface area contributed by atoms with Crippen molar-refractivity contribution < 1.29 is 56.4 Å². The third-order valence-electron chi connectivity index (χ3n) is 7.34. The van der Waals surface area contributed by atoms with Crippen LogP contribution in [0, 0.1) is 0 Å². The molecule has 3 saturated heterocycles. The highest BCUT2D eigenvalue weighted by molar-refractivity contribution is 7.47. The predicted molar refractivity (Wildman–Crippen MR) is 142 cm³/mol. The average Bonchev–Trinajstić information content (AvgIpc) is 3.72. The summed E-state index contributed by atoms with van der Waals surface area (Å²) in [4.78, 5) is 46.3. The quantitative estimate of drug-likeness (QED) is 0.195. The van der Waals surface area contributed by atoms with Crippen LogP contribution < -0.4 is 16.8 Å². The highest BCUT2D eigenvalue weighted by Gasteiger charge is 2.56. The van der Waals surface area contributed by atoms with Crippen LogP contribution in [0.25, 0.3) is 11.0 Å². The van der Waals surface area contributed by atoms with Gasteiger partial charge in [-0.3, -0.25) is 28.2 Å². The van der Waals surface area contributed by atoms with Gasteiger partial charge in [0, 0.05) is 6.42 Å². The van der Waals surface area contributed by atoms with E-state index in [9.17, 15) is 28.8 Å². The van der Waals surface area contributed by atoms with Crippen molar-refractivity contribution in [3.8, 4) is 0 Å². The van der Waals surface area contributed by atoms with Crippen molar-refractivity contribution in [3.05, 3.63) is 11.2 Å².